The van der Waals surface area contributed by atoms with Crippen molar-refractivity contribution in [2.45, 2.75) is 0 Å². The molecule has 1 fully saturated rings. The molecule has 0 atom stereocenters. The molecule has 1 aromatic heterocycles. The first kappa shape index (κ1) is 24.1. The number of ether oxygens (including phenoxy) is 1. The van der Waals surface area contributed by atoms with Crippen LogP contribution in [0.4, 0.5) is 10.5 Å². The maximum absolute atomic E-state index is 12.8. The second-order valence-electron chi connectivity index (χ2n) is 7.22. The number of furan rings is 1. The van der Waals surface area contributed by atoms with Gasteiger partial charge in [-0.3, -0.25) is 19.3 Å². The highest BCUT2D eigenvalue weighted by atomic mass is 35.5. The molecule has 0 radical (unpaired) electrons. The van der Waals surface area contributed by atoms with Gasteiger partial charge in [0.1, 0.15) is 23.8 Å². The number of hydrogen-bond donors (Lipinski definition) is 2. The molecule has 0 bridgehead atoms. The summed E-state index contributed by atoms with van der Waals surface area (Å²) in [6.45, 7) is -0.466. The first-order chi connectivity index (χ1) is 16.8. The molecule has 3 amide bonds. The number of carbonyl (C=O) groups is 4. The van der Waals surface area contributed by atoms with Crippen molar-refractivity contribution in [1.29, 1.82) is 0 Å². The predicted molar refractivity (Wildman–Crippen MR) is 130 cm³/mol. The van der Waals surface area contributed by atoms with Gasteiger partial charge in [-0.15, -0.1) is 0 Å². The Morgan fingerprint density at radius 2 is 1.94 bits per heavy atom. The van der Waals surface area contributed by atoms with Crippen LogP contribution in [0.1, 0.15) is 16.1 Å². The third kappa shape index (κ3) is 5.23. The lowest BCUT2D eigenvalue weighted by molar-refractivity contribution is -0.127. The molecule has 2 heterocycles. The zero-order valence-corrected chi connectivity index (χ0v) is 19.7. The number of carbonyl (C=O) groups excluding carboxylic acids is 3. The third-order valence-corrected chi connectivity index (χ3v) is 6.17. The van der Waals surface area contributed by atoms with Crippen molar-refractivity contribution in [2.75, 3.05) is 19.0 Å². The van der Waals surface area contributed by atoms with Crippen LogP contribution < -0.4 is 10.1 Å². The standard InChI is InChI=1S/C24H17ClN2O7S/c1-33-19-5-3-2-4-17(19)26-21(28)12-27-22(29)20(35-24(27)32)11-14-7-9-18(34-14)13-6-8-16(25)15(10-13)23(30)31/h2-11H,12H2,1H3,(H,26,28)(H,30,31)/b20-11+. The van der Waals surface area contributed by atoms with Crippen LogP contribution in [0.5, 0.6) is 5.75 Å². The maximum atomic E-state index is 12.8. The molecule has 0 saturated carbocycles. The van der Waals surface area contributed by atoms with Gasteiger partial charge >= 0.3 is 5.97 Å². The van der Waals surface area contributed by atoms with E-state index >= 15 is 0 Å². The lowest BCUT2D eigenvalue weighted by Crippen LogP contribution is -2.36. The van der Waals surface area contributed by atoms with Gasteiger partial charge in [0.15, 0.2) is 0 Å². The van der Waals surface area contributed by atoms with Crippen molar-refractivity contribution in [2.24, 2.45) is 0 Å². The molecule has 0 unspecified atom stereocenters. The highest BCUT2D eigenvalue weighted by molar-refractivity contribution is 8.18. The minimum atomic E-state index is -1.17. The topological polar surface area (TPSA) is 126 Å². The van der Waals surface area contributed by atoms with Gasteiger partial charge in [0.05, 0.1) is 28.3 Å². The van der Waals surface area contributed by atoms with Crippen LogP contribution in [0.15, 0.2) is 63.9 Å². The Hall–Kier alpha value is -4.02. The first-order valence-electron chi connectivity index (χ1n) is 10.1. The fourth-order valence-corrected chi connectivity index (χ4v) is 4.29. The molecule has 1 aliphatic heterocycles. The van der Waals surface area contributed by atoms with E-state index in [1.165, 1.54) is 25.3 Å². The summed E-state index contributed by atoms with van der Waals surface area (Å²) in [5.74, 6) is -1.29. The molecule has 3 aromatic rings. The lowest BCUT2D eigenvalue weighted by Gasteiger charge is -2.14. The number of amides is 3. The van der Waals surface area contributed by atoms with Gasteiger partial charge in [-0.25, -0.2) is 4.79 Å². The molecule has 2 aromatic carbocycles. The molecule has 1 aliphatic rings. The number of carboxylic acids is 1. The molecule has 0 spiro atoms. The summed E-state index contributed by atoms with van der Waals surface area (Å²) in [4.78, 5) is 49.8. The van der Waals surface area contributed by atoms with E-state index in [-0.39, 0.29) is 21.3 Å². The second-order valence-corrected chi connectivity index (χ2v) is 8.62. The smallest absolute Gasteiger partial charge is 0.337 e. The van der Waals surface area contributed by atoms with Crippen LogP contribution in [-0.2, 0) is 9.59 Å². The summed E-state index contributed by atoms with van der Waals surface area (Å²) < 4.78 is 10.9. The Kier molecular flexibility index (Phi) is 6.94. The highest BCUT2D eigenvalue weighted by Gasteiger charge is 2.36. The van der Waals surface area contributed by atoms with Crippen molar-refractivity contribution in [3.05, 3.63) is 75.8 Å². The normalized spacial score (nSPS) is 14.5. The van der Waals surface area contributed by atoms with Gasteiger partial charge in [0.25, 0.3) is 11.1 Å². The van der Waals surface area contributed by atoms with Crippen LogP contribution >= 0.6 is 23.4 Å². The number of nitrogens with zero attached hydrogens (tertiary/aromatic N) is 1. The monoisotopic (exact) mass is 512 g/mol. The fraction of sp³-hybridized carbons (Fsp3) is 0.0833. The molecule has 178 valence electrons. The summed E-state index contributed by atoms with van der Waals surface area (Å²) in [5, 5.41) is 11.4. The number of methoxy groups -OCH3 is 1. The van der Waals surface area contributed by atoms with Crippen molar-refractivity contribution in [3.63, 3.8) is 0 Å². The SMILES string of the molecule is COc1ccccc1NC(=O)CN1C(=O)S/C(=C/c2ccc(-c3ccc(Cl)c(C(=O)O)c3)o2)C1=O. The van der Waals surface area contributed by atoms with Gasteiger partial charge in [-0.05, 0) is 54.2 Å². The summed E-state index contributed by atoms with van der Waals surface area (Å²) in [7, 11) is 1.46. The van der Waals surface area contributed by atoms with Gasteiger partial charge in [0.2, 0.25) is 5.91 Å². The number of nitrogens with one attached hydrogen (secondary N) is 1. The number of imide groups is 1. The number of hydrogen-bond acceptors (Lipinski definition) is 7. The van der Waals surface area contributed by atoms with E-state index in [9.17, 15) is 24.3 Å². The maximum Gasteiger partial charge on any atom is 0.337 e. The van der Waals surface area contributed by atoms with E-state index in [2.05, 4.69) is 5.32 Å². The molecule has 4 rings (SSSR count). The predicted octanol–water partition coefficient (Wildman–Crippen LogP) is 4.98. The van der Waals surface area contributed by atoms with E-state index in [1.807, 2.05) is 0 Å². The van der Waals surface area contributed by atoms with E-state index in [0.29, 0.717) is 34.5 Å². The molecule has 1 saturated heterocycles. The first-order valence-corrected chi connectivity index (χ1v) is 11.3. The van der Waals surface area contributed by atoms with E-state index < -0.39 is 29.6 Å². The van der Waals surface area contributed by atoms with E-state index in [0.717, 1.165) is 4.90 Å². The number of rotatable bonds is 7. The van der Waals surface area contributed by atoms with Crippen LogP contribution in [0.25, 0.3) is 17.4 Å². The number of thioether (sulfide) groups is 1. The lowest BCUT2D eigenvalue weighted by atomic mass is 10.1. The molecular formula is C24H17ClN2O7S. The van der Waals surface area contributed by atoms with Crippen molar-refractivity contribution >= 4 is 58.1 Å². The van der Waals surface area contributed by atoms with Crippen LogP contribution in [-0.4, -0.2) is 46.7 Å². The number of benzene rings is 2. The minimum absolute atomic E-state index is 0.0744. The summed E-state index contributed by atoms with van der Waals surface area (Å²) in [6.07, 6.45) is 1.39. The zero-order chi connectivity index (χ0) is 25.1. The van der Waals surface area contributed by atoms with E-state index in [1.54, 1.807) is 42.5 Å². The second kappa shape index (κ2) is 10.1. The Balaban J connectivity index is 1.48. The molecule has 0 aliphatic carbocycles. The van der Waals surface area contributed by atoms with Crippen molar-refractivity contribution in [1.82, 2.24) is 4.90 Å². The van der Waals surface area contributed by atoms with Gasteiger partial charge < -0.3 is 19.6 Å². The average Bonchev–Trinajstić information content (AvgIpc) is 3.40. The van der Waals surface area contributed by atoms with Crippen molar-refractivity contribution < 1.29 is 33.4 Å². The summed E-state index contributed by atoms with van der Waals surface area (Å²) >= 11 is 6.59. The summed E-state index contributed by atoms with van der Waals surface area (Å²) in [5.41, 5.74) is 0.820. The molecular weight excluding hydrogens is 496 g/mol. The van der Waals surface area contributed by atoms with Crippen molar-refractivity contribution in [3.8, 4) is 17.1 Å². The fourth-order valence-electron chi connectivity index (χ4n) is 3.27. The minimum Gasteiger partial charge on any atom is -0.495 e. The molecule has 35 heavy (non-hydrogen) atoms. The Bertz CT molecular complexity index is 1380. The molecule has 11 heteroatoms. The van der Waals surface area contributed by atoms with Gasteiger partial charge in [-0.1, -0.05) is 23.7 Å². The van der Waals surface area contributed by atoms with E-state index in [4.69, 9.17) is 20.8 Å². The largest absolute Gasteiger partial charge is 0.495 e. The average molecular weight is 513 g/mol. The Labute approximate surface area is 208 Å². The Morgan fingerprint density at radius 1 is 1.17 bits per heavy atom. The molecule has 2 N–H and O–H groups in total. The van der Waals surface area contributed by atoms with Crippen LogP contribution in [0.2, 0.25) is 5.02 Å². The number of halogens is 1. The Morgan fingerprint density at radius 3 is 2.69 bits per heavy atom. The number of para-hydroxylation sites is 2. The van der Waals surface area contributed by atoms with Gasteiger partial charge in [-0.2, -0.15) is 0 Å². The number of anilines is 1. The highest BCUT2D eigenvalue weighted by Crippen LogP contribution is 2.34. The quantitative estimate of drug-likeness (QED) is 0.424. The number of carboxylic acid groups (broad SMARTS) is 1. The third-order valence-electron chi connectivity index (χ3n) is 4.94. The van der Waals surface area contributed by atoms with Crippen LogP contribution in [0, 0.1) is 0 Å². The molecule has 9 nitrogen and oxygen atoms in total. The van der Waals surface area contributed by atoms with Gasteiger partial charge in [0, 0.05) is 11.6 Å². The zero-order valence-electron chi connectivity index (χ0n) is 18.1. The summed E-state index contributed by atoms with van der Waals surface area (Å²) in [6, 6.07) is 14.4. The number of aromatic carboxylic acids is 1. The van der Waals surface area contributed by atoms with Crippen LogP contribution in [0.3, 0.4) is 0 Å².